The molecule has 4 N–H and O–H groups in total. The molecule has 1 aliphatic heterocycles. The Morgan fingerprint density at radius 3 is 2.67 bits per heavy atom. The van der Waals surface area contributed by atoms with Crippen LogP contribution in [0.2, 0.25) is 0 Å². The first-order chi connectivity index (χ1) is 7.15. The minimum atomic E-state index is -1.22. The van der Waals surface area contributed by atoms with Gasteiger partial charge in [-0.15, -0.1) is 0 Å². The molecule has 0 spiro atoms. The summed E-state index contributed by atoms with van der Waals surface area (Å²) in [6.07, 6.45) is 2.71. The standard InChI is InChI=1S/C9H16N2O4/c12-5-7(9(14)15)11-8(13)6-3-1-2-4-10-6/h6-7,10,12H,1-5H2,(H,11,13)(H,14,15)/t6-,7+/m0/s1. The van der Waals surface area contributed by atoms with Crippen LogP contribution in [0.25, 0.3) is 0 Å². The second kappa shape index (κ2) is 5.67. The molecule has 0 aromatic heterocycles. The zero-order valence-corrected chi connectivity index (χ0v) is 8.40. The summed E-state index contributed by atoms with van der Waals surface area (Å²) in [5, 5.41) is 22.6. The SMILES string of the molecule is O=C(N[C@H](CO)C(=O)O)[C@@H]1CCCCN1. The largest absolute Gasteiger partial charge is 0.480 e. The van der Waals surface area contributed by atoms with Crippen molar-refractivity contribution >= 4 is 11.9 Å². The number of rotatable bonds is 4. The summed E-state index contributed by atoms with van der Waals surface area (Å²) >= 11 is 0. The normalized spacial score (nSPS) is 23.1. The lowest BCUT2D eigenvalue weighted by Gasteiger charge is -2.23. The molecule has 0 unspecified atom stereocenters. The predicted molar refractivity (Wildman–Crippen MR) is 52.3 cm³/mol. The molecule has 1 amide bonds. The number of carboxylic acids is 1. The molecule has 0 aliphatic carbocycles. The van der Waals surface area contributed by atoms with Gasteiger partial charge in [0.2, 0.25) is 5.91 Å². The highest BCUT2D eigenvalue weighted by molar-refractivity contribution is 5.87. The minimum absolute atomic E-state index is 0.327. The van der Waals surface area contributed by atoms with Gasteiger partial charge in [-0.2, -0.15) is 0 Å². The van der Waals surface area contributed by atoms with Crippen molar-refractivity contribution in [1.29, 1.82) is 0 Å². The van der Waals surface area contributed by atoms with Crippen molar-refractivity contribution < 1.29 is 19.8 Å². The Balaban J connectivity index is 2.42. The van der Waals surface area contributed by atoms with Gasteiger partial charge in [0.25, 0.3) is 0 Å². The number of carbonyl (C=O) groups excluding carboxylic acids is 1. The van der Waals surface area contributed by atoms with Crippen molar-refractivity contribution in [1.82, 2.24) is 10.6 Å². The number of amides is 1. The van der Waals surface area contributed by atoms with Crippen molar-refractivity contribution in [2.45, 2.75) is 31.3 Å². The van der Waals surface area contributed by atoms with Crippen LogP contribution < -0.4 is 10.6 Å². The summed E-state index contributed by atoms with van der Waals surface area (Å²) in [7, 11) is 0. The Bertz CT molecular complexity index is 238. The number of aliphatic hydroxyl groups is 1. The van der Waals surface area contributed by atoms with Gasteiger partial charge in [-0.05, 0) is 19.4 Å². The van der Waals surface area contributed by atoms with Crippen LogP contribution in [0, 0.1) is 0 Å². The third-order valence-electron chi connectivity index (χ3n) is 2.42. The third kappa shape index (κ3) is 3.49. The maximum absolute atomic E-state index is 11.5. The van der Waals surface area contributed by atoms with Crippen molar-refractivity contribution in [3.63, 3.8) is 0 Å². The van der Waals surface area contributed by atoms with Crippen molar-refractivity contribution in [2.24, 2.45) is 0 Å². The maximum Gasteiger partial charge on any atom is 0.328 e. The summed E-state index contributed by atoms with van der Waals surface area (Å²) in [5.41, 5.74) is 0. The van der Waals surface area contributed by atoms with E-state index in [1.165, 1.54) is 0 Å². The highest BCUT2D eigenvalue weighted by Crippen LogP contribution is 2.06. The Hall–Kier alpha value is -1.14. The highest BCUT2D eigenvalue weighted by Gasteiger charge is 2.25. The second-order valence-electron chi connectivity index (χ2n) is 3.58. The lowest BCUT2D eigenvalue weighted by atomic mass is 10.0. The lowest BCUT2D eigenvalue weighted by Crippen LogP contribution is -2.52. The zero-order valence-electron chi connectivity index (χ0n) is 8.40. The zero-order chi connectivity index (χ0) is 11.3. The molecule has 0 aromatic carbocycles. The number of aliphatic hydroxyl groups excluding tert-OH is 1. The van der Waals surface area contributed by atoms with Gasteiger partial charge >= 0.3 is 5.97 Å². The molecule has 1 fully saturated rings. The van der Waals surface area contributed by atoms with E-state index in [4.69, 9.17) is 10.2 Å². The van der Waals surface area contributed by atoms with Gasteiger partial charge in [-0.3, -0.25) is 4.79 Å². The second-order valence-corrected chi connectivity index (χ2v) is 3.58. The molecule has 0 saturated carbocycles. The van der Waals surface area contributed by atoms with Crippen LogP contribution in [-0.4, -0.2) is 47.3 Å². The fourth-order valence-corrected chi connectivity index (χ4v) is 1.53. The fraction of sp³-hybridized carbons (Fsp3) is 0.778. The quantitative estimate of drug-likeness (QED) is 0.467. The van der Waals surface area contributed by atoms with E-state index in [-0.39, 0.29) is 11.9 Å². The van der Waals surface area contributed by atoms with E-state index < -0.39 is 18.6 Å². The van der Waals surface area contributed by atoms with Crippen LogP contribution >= 0.6 is 0 Å². The lowest BCUT2D eigenvalue weighted by molar-refractivity contribution is -0.143. The molecule has 86 valence electrons. The van der Waals surface area contributed by atoms with Crippen LogP contribution in [0.3, 0.4) is 0 Å². The van der Waals surface area contributed by atoms with E-state index in [0.29, 0.717) is 6.42 Å². The molecule has 1 rings (SSSR count). The Morgan fingerprint density at radius 1 is 1.47 bits per heavy atom. The monoisotopic (exact) mass is 216 g/mol. The third-order valence-corrected chi connectivity index (χ3v) is 2.42. The summed E-state index contributed by atoms with van der Waals surface area (Å²) in [5.74, 6) is -1.57. The molecule has 6 nitrogen and oxygen atoms in total. The molecular weight excluding hydrogens is 200 g/mol. The van der Waals surface area contributed by atoms with E-state index in [9.17, 15) is 9.59 Å². The van der Waals surface area contributed by atoms with Crippen LogP contribution in [0.1, 0.15) is 19.3 Å². The van der Waals surface area contributed by atoms with Crippen LogP contribution in [0.5, 0.6) is 0 Å². The first kappa shape index (κ1) is 11.9. The molecule has 15 heavy (non-hydrogen) atoms. The van der Waals surface area contributed by atoms with Gasteiger partial charge in [-0.1, -0.05) is 6.42 Å². The summed E-state index contributed by atoms with van der Waals surface area (Å²) in [6, 6.07) is -1.53. The molecule has 2 atom stereocenters. The van der Waals surface area contributed by atoms with Crippen molar-refractivity contribution in [2.75, 3.05) is 13.2 Å². The molecule has 6 heteroatoms. The number of aliphatic carboxylic acids is 1. The van der Waals surface area contributed by atoms with Crippen molar-refractivity contribution in [3.8, 4) is 0 Å². The predicted octanol–water partition coefficient (Wildman–Crippen LogP) is -1.31. The number of nitrogens with one attached hydrogen (secondary N) is 2. The Kier molecular flexibility index (Phi) is 4.51. The van der Waals surface area contributed by atoms with Gasteiger partial charge < -0.3 is 20.8 Å². The molecule has 0 radical (unpaired) electrons. The number of hydrogen-bond acceptors (Lipinski definition) is 4. The average Bonchev–Trinajstić information content (AvgIpc) is 2.26. The molecule has 1 aliphatic rings. The molecule has 0 bridgehead atoms. The van der Waals surface area contributed by atoms with E-state index in [2.05, 4.69) is 10.6 Å². The van der Waals surface area contributed by atoms with Crippen LogP contribution in [0.4, 0.5) is 0 Å². The summed E-state index contributed by atoms with van der Waals surface area (Å²) in [4.78, 5) is 22.1. The van der Waals surface area contributed by atoms with Gasteiger partial charge in [-0.25, -0.2) is 4.79 Å². The van der Waals surface area contributed by atoms with Gasteiger partial charge in [0, 0.05) is 0 Å². The molecule has 1 heterocycles. The number of hydrogen-bond donors (Lipinski definition) is 4. The van der Waals surface area contributed by atoms with E-state index in [1.54, 1.807) is 0 Å². The van der Waals surface area contributed by atoms with Gasteiger partial charge in [0.05, 0.1) is 12.6 Å². The van der Waals surface area contributed by atoms with Crippen LogP contribution in [0.15, 0.2) is 0 Å². The van der Waals surface area contributed by atoms with E-state index >= 15 is 0 Å². The van der Waals surface area contributed by atoms with Gasteiger partial charge in [0.1, 0.15) is 6.04 Å². The highest BCUT2D eigenvalue weighted by atomic mass is 16.4. The van der Waals surface area contributed by atoms with E-state index in [1.807, 2.05) is 0 Å². The maximum atomic E-state index is 11.5. The van der Waals surface area contributed by atoms with Crippen LogP contribution in [-0.2, 0) is 9.59 Å². The molecule has 0 aromatic rings. The smallest absolute Gasteiger partial charge is 0.328 e. The van der Waals surface area contributed by atoms with Gasteiger partial charge in [0.15, 0.2) is 0 Å². The summed E-state index contributed by atoms with van der Waals surface area (Å²) in [6.45, 7) is 0.183. The average molecular weight is 216 g/mol. The first-order valence-electron chi connectivity index (χ1n) is 5.02. The number of piperidine rings is 1. The Morgan fingerprint density at radius 2 is 2.20 bits per heavy atom. The fourth-order valence-electron chi connectivity index (χ4n) is 1.53. The van der Waals surface area contributed by atoms with Crippen molar-refractivity contribution in [3.05, 3.63) is 0 Å². The molecular formula is C9H16N2O4. The minimum Gasteiger partial charge on any atom is -0.480 e. The number of carboxylic acid groups (broad SMARTS) is 1. The first-order valence-corrected chi connectivity index (χ1v) is 5.02. The number of carbonyl (C=O) groups is 2. The van der Waals surface area contributed by atoms with E-state index in [0.717, 1.165) is 19.4 Å². The molecule has 1 saturated heterocycles. The summed E-state index contributed by atoms with van der Waals surface area (Å²) < 4.78 is 0. The Labute approximate surface area is 87.7 Å². The topological polar surface area (TPSA) is 98.7 Å².